The quantitative estimate of drug-likeness (QED) is 0.159. The molecule has 0 unspecified atom stereocenters. The first-order valence-corrected chi connectivity index (χ1v) is 22.7. The predicted molar refractivity (Wildman–Crippen MR) is 266 cm³/mol. The normalized spacial score (nSPS) is 12.8. The lowest BCUT2D eigenvalue weighted by Crippen LogP contribution is -2.14. The number of fused-ring (bicyclic) bond motifs is 6. The maximum atomic E-state index is 2.46. The third-order valence-electron chi connectivity index (χ3n) is 12.7. The van der Waals surface area contributed by atoms with Crippen LogP contribution in [-0.4, -0.2) is 14.1 Å². The highest BCUT2D eigenvalue weighted by atomic mass is 32.2. The predicted octanol–water partition coefficient (Wildman–Crippen LogP) is 16.8. The Morgan fingerprint density at radius 1 is 0.290 bits per heavy atom. The average Bonchev–Trinajstić information content (AvgIpc) is 3.33. The molecule has 0 N–H and O–H groups in total. The number of anilines is 4. The van der Waals surface area contributed by atoms with Crippen molar-refractivity contribution in [3.05, 3.63) is 206 Å². The molecule has 2 aliphatic heterocycles. The number of hydrogen-bond donors (Lipinski definition) is 0. The van der Waals surface area contributed by atoms with Gasteiger partial charge in [0.05, 0.1) is 22.7 Å². The van der Waals surface area contributed by atoms with Crippen LogP contribution in [-0.2, 0) is 0 Å². The van der Waals surface area contributed by atoms with Crippen molar-refractivity contribution in [1.29, 1.82) is 0 Å². The molecule has 10 aromatic rings. The third-order valence-corrected chi connectivity index (χ3v) is 15.1. The van der Waals surface area contributed by atoms with Crippen LogP contribution in [0.25, 0.3) is 77.2 Å². The summed E-state index contributed by atoms with van der Waals surface area (Å²) in [5.74, 6) is 0. The first-order valence-electron chi connectivity index (χ1n) is 21.1. The fourth-order valence-electron chi connectivity index (χ4n) is 9.66. The van der Waals surface area contributed by atoms with Gasteiger partial charge in [-0.1, -0.05) is 175 Å². The molecule has 10 aromatic carbocycles. The van der Waals surface area contributed by atoms with Gasteiger partial charge in [-0.15, -0.1) is 0 Å². The van der Waals surface area contributed by atoms with E-state index in [2.05, 4.69) is 230 Å². The van der Waals surface area contributed by atoms with Crippen molar-refractivity contribution >= 4 is 67.8 Å². The Bertz CT molecular complexity index is 3200. The maximum Gasteiger partial charge on any atom is 0.0556 e. The van der Waals surface area contributed by atoms with Crippen molar-refractivity contribution in [1.82, 2.24) is 0 Å². The SMILES string of the molecule is CN1c2ccccc2Sc2c(-c3cccc(-c4cccc5c(-c6ccccc6)c6cccc(-c7cccc(-c8cccc9c8Sc8ccccc8N9C)c7)c6cc45)c3)cccc21. The van der Waals surface area contributed by atoms with Gasteiger partial charge in [0.1, 0.15) is 0 Å². The molecule has 0 saturated carbocycles. The second-order valence-electron chi connectivity index (χ2n) is 16.1. The topological polar surface area (TPSA) is 6.48 Å². The third kappa shape index (κ3) is 5.97. The maximum absolute atomic E-state index is 2.46. The van der Waals surface area contributed by atoms with Crippen molar-refractivity contribution in [3.63, 3.8) is 0 Å². The van der Waals surface area contributed by atoms with Gasteiger partial charge in [-0.05, 0) is 132 Å². The van der Waals surface area contributed by atoms with Crippen LogP contribution in [0.3, 0.4) is 0 Å². The van der Waals surface area contributed by atoms with E-state index in [4.69, 9.17) is 0 Å². The molecule has 4 heteroatoms. The van der Waals surface area contributed by atoms with E-state index < -0.39 is 0 Å². The zero-order valence-electron chi connectivity index (χ0n) is 34.3. The fourth-order valence-corrected chi connectivity index (χ4v) is 12.2. The van der Waals surface area contributed by atoms with E-state index >= 15 is 0 Å². The van der Waals surface area contributed by atoms with E-state index in [0.717, 1.165) is 0 Å². The molecule has 0 spiro atoms. The largest absolute Gasteiger partial charge is 0.343 e. The van der Waals surface area contributed by atoms with E-state index in [0.29, 0.717) is 0 Å². The van der Waals surface area contributed by atoms with Crippen molar-refractivity contribution < 1.29 is 0 Å². The van der Waals surface area contributed by atoms with Crippen LogP contribution in [0, 0.1) is 0 Å². The minimum Gasteiger partial charge on any atom is -0.343 e. The molecule has 294 valence electrons. The van der Waals surface area contributed by atoms with Crippen molar-refractivity contribution in [2.45, 2.75) is 19.6 Å². The van der Waals surface area contributed by atoms with Crippen LogP contribution in [0.4, 0.5) is 22.7 Å². The molecule has 0 bridgehead atoms. The molecular weight excluding hydrogens is 789 g/mol. The number of benzene rings is 10. The van der Waals surface area contributed by atoms with Crippen LogP contribution >= 0.6 is 23.5 Å². The van der Waals surface area contributed by atoms with Crippen molar-refractivity contribution in [3.8, 4) is 55.6 Å². The molecule has 2 aliphatic rings. The van der Waals surface area contributed by atoms with Gasteiger partial charge in [-0.25, -0.2) is 0 Å². The summed E-state index contributed by atoms with van der Waals surface area (Å²) >= 11 is 3.74. The minimum atomic E-state index is 1.20. The Balaban J connectivity index is 1.03. The highest BCUT2D eigenvalue weighted by Gasteiger charge is 2.25. The van der Waals surface area contributed by atoms with Gasteiger partial charge in [-0.2, -0.15) is 0 Å². The standard InChI is InChI=1S/C58H40N2S2/c1-59-50-28-6-8-32-54(50)61-57-44(24-14-30-52(57)59)40-20-10-18-38(34-40)42-22-12-26-46-48(42)36-49-43(23-13-27-47(49)56(46)37-16-4-3-5-17-37)39-19-11-21-41(35-39)45-25-15-31-53-58(45)62-55-33-9-7-29-51(55)60(53)2/h3-36H,1-2H3. The molecule has 12 rings (SSSR count). The van der Waals surface area contributed by atoms with Crippen LogP contribution < -0.4 is 9.80 Å². The second-order valence-corrected chi connectivity index (χ2v) is 18.3. The smallest absolute Gasteiger partial charge is 0.0556 e. The van der Waals surface area contributed by atoms with E-state index in [1.165, 1.54) is 120 Å². The van der Waals surface area contributed by atoms with Gasteiger partial charge in [0, 0.05) is 33.7 Å². The summed E-state index contributed by atoms with van der Waals surface area (Å²) in [7, 11) is 4.36. The van der Waals surface area contributed by atoms with Gasteiger partial charge >= 0.3 is 0 Å². The Labute approximate surface area is 371 Å². The molecule has 0 atom stereocenters. The van der Waals surface area contributed by atoms with Crippen LogP contribution in [0.15, 0.2) is 226 Å². The van der Waals surface area contributed by atoms with Gasteiger partial charge in [0.15, 0.2) is 0 Å². The van der Waals surface area contributed by atoms with Crippen LogP contribution in [0.1, 0.15) is 0 Å². The molecule has 2 heterocycles. The molecule has 0 aliphatic carbocycles. The molecule has 0 fully saturated rings. The lowest BCUT2D eigenvalue weighted by molar-refractivity contribution is 1.11. The van der Waals surface area contributed by atoms with Crippen LogP contribution in [0.2, 0.25) is 0 Å². The highest BCUT2D eigenvalue weighted by Crippen LogP contribution is 2.53. The number of para-hydroxylation sites is 2. The average molecular weight is 829 g/mol. The Morgan fingerprint density at radius 3 is 1.16 bits per heavy atom. The minimum absolute atomic E-state index is 1.20. The molecule has 2 nitrogen and oxygen atoms in total. The summed E-state index contributed by atoms with van der Waals surface area (Å²) in [5, 5.41) is 4.99. The Kier molecular flexibility index (Phi) is 8.84. The fraction of sp³-hybridized carbons (Fsp3) is 0.0345. The van der Waals surface area contributed by atoms with E-state index in [1.54, 1.807) is 0 Å². The van der Waals surface area contributed by atoms with E-state index in [9.17, 15) is 0 Å². The summed E-state index contributed by atoms with van der Waals surface area (Å²) < 4.78 is 0. The number of rotatable bonds is 5. The first-order chi connectivity index (χ1) is 30.6. The molecule has 0 saturated heterocycles. The molecule has 0 radical (unpaired) electrons. The summed E-state index contributed by atoms with van der Waals surface area (Å²) in [5.41, 5.74) is 17.2. The Hall–Kier alpha value is -6.98. The van der Waals surface area contributed by atoms with E-state index in [1.807, 2.05) is 23.5 Å². The summed E-state index contributed by atoms with van der Waals surface area (Å²) in [4.78, 5) is 9.79. The van der Waals surface area contributed by atoms with Gasteiger partial charge < -0.3 is 9.80 Å². The second kappa shape index (κ2) is 14.9. The van der Waals surface area contributed by atoms with Gasteiger partial charge in [-0.3, -0.25) is 0 Å². The zero-order valence-corrected chi connectivity index (χ0v) is 36.0. The molecule has 0 amide bonds. The highest BCUT2D eigenvalue weighted by molar-refractivity contribution is 8.00. The monoisotopic (exact) mass is 828 g/mol. The van der Waals surface area contributed by atoms with E-state index in [-0.39, 0.29) is 0 Å². The summed E-state index contributed by atoms with van der Waals surface area (Å²) in [6.07, 6.45) is 0. The molecular formula is C58H40N2S2. The lowest BCUT2D eigenvalue weighted by atomic mass is 9.86. The number of nitrogens with zero attached hydrogens (tertiary/aromatic N) is 2. The van der Waals surface area contributed by atoms with Gasteiger partial charge in [0.25, 0.3) is 0 Å². The van der Waals surface area contributed by atoms with Crippen molar-refractivity contribution in [2.75, 3.05) is 23.9 Å². The summed E-state index contributed by atoms with van der Waals surface area (Å²) in [6, 6.07) is 76.2. The Morgan fingerprint density at radius 2 is 0.661 bits per heavy atom. The molecule has 62 heavy (non-hydrogen) atoms. The summed E-state index contributed by atoms with van der Waals surface area (Å²) in [6.45, 7) is 0. The zero-order chi connectivity index (χ0) is 41.3. The molecule has 0 aromatic heterocycles. The first kappa shape index (κ1) is 36.8. The van der Waals surface area contributed by atoms with Crippen LogP contribution in [0.5, 0.6) is 0 Å². The number of hydrogen-bond acceptors (Lipinski definition) is 4. The lowest BCUT2D eigenvalue weighted by Gasteiger charge is -2.30. The van der Waals surface area contributed by atoms with Crippen molar-refractivity contribution in [2.24, 2.45) is 0 Å². The van der Waals surface area contributed by atoms with Gasteiger partial charge in [0.2, 0.25) is 0 Å².